The number of aliphatic hydroxyl groups is 1. The zero-order chi connectivity index (χ0) is 14.8. The Morgan fingerprint density at radius 1 is 1.24 bits per heavy atom. The third kappa shape index (κ3) is 1.78. The molecule has 0 radical (unpaired) electrons. The van der Waals surface area contributed by atoms with Gasteiger partial charge in [-0.05, 0) is 79.4 Å². The van der Waals surface area contributed by atoms with Gasteiger partial charge in [-0.25, -0.2) is 0 Å². The number of rotatable bonds is 0. The van der Waals surface area contributed by atoms with Gasteiger partial charge in [0.1, 0.15) is 0 Å². The van der Waals surface area contributed by atoms with Crippen LogP contribution in [0, 0.1) is 23.2 Å². The molecule has 0 spiro atoms. The topological polar surface area (TPSA) is 37.3 Å². The predicted molar refractivity (Wildman–Crippen MR) is 83.1 cm³/mol. The first-order valence-electron chi connectivity index (χ1n) is 8.26. The van der Waals surface area contributed by atoms with E-state index < -0.39 is 4.87 Å². The van der Waals surface area contributed by atoms with Crippen molar-refractivity contribution in [2.45, 2.75) is 56.4 Å². The van der Waals surface area contributed by atoms with Crippen LogP contribution in [0.4, 0.5) is 0 Å². The minimum Gasteiger partial charge on any atom is -0.393 e. The van der Waals surface area contributed by atoms with Gasteiger partial charge >= 0.3 is 0 Å². The maximum Gasteiger partial charge on any atom is 0.178 e. The molecule has 0 aromatic rings. The standard InChI is InChI=1S/C18H23ClO2/c1-17-8-7-15-13(14(17)4-5-16(17)21)3-2-11-10-12(20)6-9-18(11,15)19/h6,9-10,13-16,21H,2-5,7-8H2,1H3/t13-,14-,15-,16-,17-,18+/m0/s1. The van der Waals surface area contributed by atoms with Gasteiger partial charge in [0.05, 0.1) is 11.0 Å². The number of carbonyl (C=O) groups excluding carboxylic acids is 1. The fraction of sp³-hybridized carbons (Fsp3) is 0.722. The first kappa shape index (κ1) is 14.0. The Balaban J connectivity index is 1.70. The van der Waals surface area contributed by atoms with E-state index in [0.29, 0.717) is 17.8 Å². The lowest BCUT2D eigenvalue weighted by Crippen LogP contribution is -2.52. The highest BCUT2D eigenvalue weighted by Crippen LogP contribution is 2.63. The molecule has 21 heavy (non-hydrogen) atoms. The van der Waals surface area contributed by atoms with Crippen molar-refractivity contribution in [1.29, 1.82) is 0 Å². The summed E-state index contributed by atoms with van der Waals surface area (Å²) in [4.78, 5) is 11.2. The van der Waals surface area contributed by atoms with Crippen LogP contribution in [0.5, 0.6) is 0 Å². The molecule has 4 aliphatic rings. The highest BCUT2D eigenvalue weighted by molar-refractivity contribution is 6.29. The van der Waals surface area contributed by atoms with Crippen molar-refractivity contribution < 1.29 is 9.90 Å². The van der Waals surface area contributed by atoms with Crippen molar-refractivity contribution in [3.05, 3.63) is 23.8 Å². The molecule has 1 N–H and O–H groups in total. The molecule has 6 atom stereocenters. The number of allylic oxidation sites excluding steroid dienone is 4. The van der Waals surface area contributed by atoms with Gasteiger partial charge in [0.2, 0.25) is 0 Å². The monoisotopic (exact) mass is 306 g/mol. The first-order chi connectivity index (χ1) is 9.95. The third-order valence-electron chi connectivity index (χ3n) is 6.97. The number of aliphatic hydroxyl groups excluding tert-OH is 1. The maximum atomic E-state index is 11.6. The summed E-state index contributed by atoms with van der Waals surface area (Å²) < 4.78 is 0. The van der Waals surface area contributed by atoms with E-state index in [1.54, 1.807) is 12.2 Å². The van der Waals surface area contributed by atoms with Crippen molar-refractivity contribution in [2.24, 2.45) is 23.2 Å². The average Bonchev–Trinajstić information content (AvgIpc) is 2.76. The van der Waals surface area contributed by atoms with Gasteiger partial charge in [-0.1, -0.05) is 13.0 Å². The zero-order valence-corrected chi connectivity index (χ0v) is 13.3. The summed E-state index contributed by atoms with van der Waals surface area (Å²) in [5, 5.41) is 10.4. The highest BCUT2D eigenvalue weighted by atomic mass is 35.5. The van der Waals surface area contributed by atoms with E-state index >= 15 is 0 Å². The molecule has 0 aromatic heterocycles. The van der Waals surface area contributed by atoms with Crippen LogP contribution >= 0.6 is 11.6 Å². The summed E-state index contributed by atoms with van der Waals surface area (Å²) in [6.45, 7) is 2.28. The Labute approximate surface area is 131 Å². The van der Waals surface area contributed by atoms with Crippen LogP contribution in [0.2, 0.25) is 0 Å². The smallest absolute Gasteiger partial charge is 0.178 e. The second-order valence-corrected chi connectivity index (χ2v) is 8.35. The Hall–Kier alpha value is -0.600. The van der Waals surface area contributed by atoms with E-state index in [-0.39, 0.29) is 17.3 Å². The van der Waals surface area contributed by atoms with Crippen molar-refractivity contribution >= 4 is 17.4 Å². The number of ketones is 1. The van der Waals surface area contributed by atoms with Gasteiger partial charge in [-0.15, -0.1) is 11.6 Å². The Morgan fingerprint density at radius 2 is 2.05 bits per heavy atom. The summed E-state index contributed by atoms with van der Waals surface area (Å²) in [6.07, 6.45) is 11.5. The van der Waals surface area contributed by atoms with Crippen LogP contribution in [-0.2, 0) is 4.79 Å². The van der Waals surface area contributed by atoms with Crippen LogP contribution in [0.15, 0.2) is 23.8 Å². The van der Waals surface area contributed by atoms with Crippen LogP contribution in [0.3, 0.4) is 0 Å². The molecule has 0 amide bonds. The van der Waals surface area contributed by atoms with Crippen molar-refractivity contribution in [3.63, 3.8) is 0 Å². The molecule has 4 rings (SSSR count). The van der Waals surface area contributed by atoms with Gasteiger partial charge in [0.25, 0.3) is 0 Å². The van der Waals surface area contributed by atoms with Crippen LogP contribution in [0.25, 0.3) is 0 Å². The number of carbonyl (C=O) groups is 1. The van der Waals surface area contributed by atoms with Gasteiger partial charge in [-0.3, -0.25) is 4.79 Å². The summed E-state index contributed by atoms with van der Waals surface area (Å²) >= 11 is 7.02. The largest absolute Gasteiger partial charge is 0.393 e. The summed E-state index contributed by atoms with van der Waals surface area (Å²) in [6, 6.07) is 0. The van der Waals surface area contributed by atoms with Crippen molar-refractivity contribution in [3.8, 4) is 0 Å². The maximum absolute atomic E-state index is 11.6. The quantitative estimate of drug-likeness (QED) is 0.694. The van der Waals surface area contributed by atoms with E-state index in [2.05, 4.69) is 6.92 Å². The highest BCUT2D eigenvalue weighted by Gasteiger charge is 2.59. The molecule has 0 heterocycles. The molecule has 0 unspecified atom stereocenters. The van der Waals surface area contributed by atoms with Gasteiger partial charge in [-0.2, -0.15) is 0 Å². The molecule has 0 bridgehead atoms. The predicted octanol–water partition coefficient (Wildman–Crippen LogP) is 3.63. The van der Waals surface area contributed by atoms with Crippen molar-refractivity contribution in [1.82, 2.24) is 0 Å². The molecule has 3 saturated carbocycles. The lowest BCUT2D eigenvalue weighted by atomic mass is 9.52. The molecule has 114 valence electrons. The van der Waals surface area contributed by atoms with Crippen molar-refractivity contribution in [2.75, 3.05) is 0 Å². The summed E-state index contributed by atoms with van der Waals surface area (Å²) in [7, 11) is 0. The molecule has 2 nitrogen and oxygen atoms in total. The lowest BCUT2D eigenvalue weighted by molar-refractivity contribution is -0.110. The second kappa shape index (κ2) is 4.45. The molecule has 0 aromatic carbocycles. The van der Waals surface area contributed by atoms with Crippen LogP contribution < -0.4 is 0 Å². The fourth-order valence-corrected chi connectivity index (χ4v) is 6.26. The third-order valence-corrected chi connectivity index (χ3v) is 7.62. The number of fused-ring (bicyclic) bond motifs is 5. The van der Waals surface area contributed by atoms with E-state index in [4.69, 9.17) is 11.6 Å². The summed E-state index contributed by atoms with van der Waals surface area (Å²) in [5.74, 6) is 1.69. The normalized spacial score (nSPS) is 52.0. The van der Waals surface area contributed by atoms with E-state index in [1.165, 1.54) is 0 Å². The molecule has 3 heteroatoms. The molecular formula is C18H23ClO2. The number of halogens is 1. The molecule has 4 aliphatic carbocycles. The first-order valence-corrected chi connectivity index (χ1v) is 8.64. The molecular weight excluding hydrogens is 284 g/mol. The minimum atomic E-state index is -0.439. The molecule has 3 fully saturated rings. The van der Waals surface area contributed by atoms with Gasteiger partial charge < -0.3 is 5.11 Å². The second-order valence-electron chi connectivity index (χ2n) is 7.73. The van der Waals surface area contributed by atoms with E-state index in [1.807, 2.05) is 6.08 Å². The fourth-order valence-electron chi connectivity index (χ4n) is 5.77. The van der Waals surface area contributed by atoms with Gasteiger partial charge in [0, 0.05) is 0 Å². The number of hydrogen-bond acceptors (Lipinski definition) is 2. The van der Waals surface area contributed by atoms with E-state index in [0.717, 1.165) is 44.1 Å². The minimum absolute atomic E-state index is 0.0802. The Morgan fingerprint density at radius 3 is 2.86 bits per heavy atom. The lowest BCUT2D eigenvalue weighted by Gasteiger charge is -2.55. The molecule has 0 aliphatic heterocycles. The Bertz CT molecular complexity index is 551. The Kier molecular flexibility index (Phi) is 2.97. The van der Waals surface area contributed by atoms with Crippen LogP contribution in [0.1, 0.15) is 45.4 Å². The van der Waals surface area contributed by atoms with Gasteiger partial charge in [0.15, 0.2) is 5.78 Å². The average molecular weight is 307 g/mol. The van der Waals surface area contributed by atoms with Crippen LogP contribution in [-0.4, -0.2) is 21.9 Å². The number of alkyl halides is 1. The molecule has 0 saturated heterocycles. The SMILES string of the molecule is C[C@]12CC[C@H]3[C@@H](CCC4=CC(=O)C=C[C@@]43Cl)[C@@H]1CC[C@@H]2O. The number of hydrogen-bond donors (Lipinski definition) is 1. The summed E-state index contributed by atoms with van der Waals surface area (Å²) in [5.41, 5.74) is 1.21. The zero-order valence-electron chi connectivity index (χ0n) is 12.5. The van der Waals surface area contributed by atoms with E-state index in [9.17, 15) is 9.90 Å².